The topological polar surface area (TPSA) is 34.4 Å². The Morgan fingerprint density at radius 1 is 1.18 bits per heavy atom. The van der Waals surface area contributed by atoms with Crippen molar-refractivity contribution in [1.29, 1.82) is 0 Å². The summed E-state index contributed by atoms with van der Waals surface area (Å²) in [5, 5.41) is 0.797. The summed E-state index contributed by atoms with van der Waals surface area (Å²) in [4.78, 5) is 17.2. The lowest BCUT2D eigenvalue weighted by Gasteiger charge is -1.99. The van der Waals surface area contributed by atoms with Crippen molar-refractivity contribution in [2.45, 2.75) is 6.92 Å². The molecule has 1 amide bonds. The van der Waals surface area contributed by atoms with E-state index in [1.54, 1.807) is 18.2 Å². The Morgan fingerprint density at radius 3 is 2.68 bits per heavy atom. The molecule has 3 nitrogen and oxygen atoms in total. The average Bonchev–Trinajstić information content (AvgIpc) is 2.74. The van der Waals surface area contributed by atoms with Crippen LogP contribution in [0.3, 0.4) is 0 Å². The van der Waals surface area contributed by atoms with Gasteiger partial charge in [-0.15, -0.1) is 0 Å². The van der Waals surface area contributed by atoms with Crippen molar-refractivity contribution in [2.75, 3.05) is 0 Å². The van der Waals surface area contributed by atoms with Crippen LogP contribution in [0.25, 0.3) is 10.2 Å². The van der Waals surface area contributed by atoms with E-state index in [1.807, 2.05) is 30.7 Å². The predicted octanol–water partition coefficient (Wildman–Crippen LogP) is 4.60. The molecule has 0 aliphatic heterocycles. The highest BCUT2D eigenvalue weighted by atomic mass is 35.5. The summed E-state index contributed by atoms with van der Waals surface area (Å²) in [6, 6.07) is 10.9. The van der Waals surface area contributed by atoms with Crippen molar-refractivity contribution in [3.05, 3.63) is 62.4 Å². The van der Waals surface area contributed by atoms with Crippen molar-refractivity contribution in [3.8, 4) is 0 Å². The molecule has 6 heteroatoms. The van der Waals surface area contributed by atoms with Crippen molar-refractivity contribution in [1.82, 2.24) is 4.57 Å². The number of carbonyl (C=O) groups excluding carboxylic acids is 1. The molecule has 0 atom stereocenters. The lowest BCUT2D eigenvalue weighted by atomic mass is 10.2. The summed E-state index contributed by atoms with van der Waals surface area (Å²) in [6.45, 7) is 2.04. The van der Waals surface area contributed by atoms with E-state index in [-0.39, 0.29) is 5.91 Å². The van der Waals surface area contributed by atoms with Gasteiger partial charge in [-0.2, -0.15) is 4.99 Å². The van der Waals surface area contributed by atoms with Gasteiger partial charge in [-0.05, 0) is 42.8 Å². The number of nitrogens with zero attached hydrogens (tertiary/aromatic N) is 2. The van der Waals surface area contributed by atoms with Gasteiger partial charge in [0.15, 0.2) is 4.80 Å². The summed E-state index contributed by atoms with van der Waals surface area (Å²) in [7, 11) is 1.89. The van der Waals surface area contributed by atoms with E-state index >= 15 is 0 Å². The van der Waals surface area contributed by atoms with Crippen LogP contribution in [-0.4, -0.2) is 10.5 Å². The molecule has 0 bridgehead atoms. The van der Waals surface area contributed by atoms with Crippen LogP contribution < -0.4 is 4.80 Å². The maximum absolute atomic E-state index is 12.3. The standard InChI is InChI=1S/C16H12Cl2N2OS/c1-9-3-6-13-14(7-9)22-16(20(13)2)19-15(21)11-5-4-10(17)8-12(11)18/h3-8H,1-2H3. The fraction of sp³-hybridized carbons (Fsp3) is 0.125. The molecule has 0 fully saturated rings. The lowest BCUT2D eigenvalue weighted by Crippen LogP contribution is -2.13. The number of thiazole rings is 1. The number of hydrogen-bond acceptors (Lipinski definition) is 2. The fourth-order valence-corrected chi connectivity index (χ4v) is 3.76. The van der Waals surface area contributed by atoms with Crippen molar-refractivity contribution in [2.24, 2.45) is 12.0 Å². The predicted molar refractivity (Wildman–Crippen MR) is 91.9 cm³/mol. The molecule has 0 unspecified atom stereocenters. The summed E-state index contributed by atoms with van der Waals surface area (Å²) in [5.74, 6) is -0.374. The third kappa shape index (κ3) is 2.82. The molecular formula is C16H12Cl2N2OS. The summed E-state index contributed by atoms with van der Waals surface area (Å²) in [5.41, 5.74) is 2.57. The first kappa shape index (κ1) is 15.3. The molecule has 1 heterocycles. The van der Waals surface area contributed by atoms with E-state index in [1.165, 1.54) is 16.9 Å². The molecule has 0 saturated carbocycles. The number of aryl methyl sites for hydroxylation is 2. The maximum atomic E-state index is 12.3. The van der Waals surface area contributed by atoms with Gasteiger partial charge in [-0.25, -0.2) is 0 Å². The number of rotatable bonds is 1. The van der Waals surface area contributed by atoms with Gasteiger partial charge >= 0.3 is 0 Å². The minimum Gasteiger partial charge on any atom is -0.319 e. The first-order valence-corrected chi connectivity index (χ1v) is 8.13. The summed E-state index contributed by atoms with van der Waals surface area (Å²) in [6.07, 6.45) is 0. The maximum Gasteiger partial charge on any atom is 0.281 e. The van der Waals surface area contributed by atoms with E-state index in [9.17, 15) is 4.79 Å². The second-order valence-corrected chi connectivity index (χ2v) is 6.81. The Balaban J connectivity index is 2.12. The molecule has 3 rings (SSSR count). The monoisotopic (exact) mass is 350 g/mol. The molecule has 2 aromatic carbocycles. The van der Waals surface area contributed by atoms with Gasteiger partial charge in [0.05, 0.1) is 20.8 Å². The van der Waals surface area contributed by atoms with Gasteiger partial charge in [0.1, 0.15) is 0 Å². The SMILES string of the molecule is Cc1ccc2c(c1)sc(=NC(=O)c1ccc(Cl)cc1Cl)n2C. The Morgan fingerprint density at radius 2 is 1.95 bits per heavy atom. The molecule has 1 aromatic heterocycles. The highest BCUT2D eigenvalue weighted by Gasteiger charge is 2.11. The van der Waals surface area contributed by atoms with Crippen LogP contribution in [-0.2, 0) is 7.05 Å². The van der Waals surface area contributed by atoms with Gasteiger partial charge in [-0.1, -0.05) is 40.6 Å². The van der Waals surface area contributed by atoms with Crippen LogP contribution in [0.2, 0.25) is 10.0 Å². The van der Waals surface area contributed by atoms with Crippen LogP contribution in [0.4, 0.5) is 0 Å². The third-order valence-corrected chi connectivity index (χ3v) is 4.97. The number of aromatic nitrogens is 1. The zero-order valence-corrected chi connectivity index (χ0v) is 14.3. The number of hydrogen-bond donors (Lipinski definition) is 0. The molecule has 3 aromatic rings. The number of carbonyl (C=O) groups is 1. The van der Waals surface area contributed by atoms with Crippen LogP contribution in [0, 0.1) is 6.92 Å². The molecule has 0 radical (unpaired) electrons. The Hall–Kier alpha value is -1.62. The van der Waals surface area contributed by atoms with Gasteiger partial charge < -0.3 is 4.57 Å². The van der Waals surface area contributed by atoms with E-state index < -0.39 is 0 Å². The second kappa shape index (κ2) is 5.88. The molecule has 0 saturated heterocycles. The Bertz CT molecular complexity index is 956. The molecule has 0 spiro atoms. The van der Waals surface area contributed by atoms with Crippen molar-refractivity contribution in [3.63, 3.8) is 0 Å². The van der Waals surface area contributed by atoms with E-state index in [4.69, 9.17) is 23.2 Å². The zero-order chi connectivity index (χ0) is 15.9. The first-order valence-electron chi connectivity index (χ1n) is 6.56. The highest BCUT2D eigenvalue weighted by molar-refractivity contribution is 7.16. The lowest BCUT2D eigenvalue weighted by molar-refractivity contribution is 0.0998. The second-order valence-electron chi connectivity index (χ2n) is 4.96. The largest absolute Gasteiger partial charge is 0.319 e. The number of fused-ring (bicyclic) bond motifs is 1. The molecule has 0 aliphatic carbocycles. The van der Waals surface area contributed by atoms with Crippen LogP contribution in [0.1, 0.15) is 15.9 Å². The quantitative estimate of drug-likeness (QED) is 0.631. The number of halogens is 2. The molecule has 0 N–H and O–H groups in total. The molecular weight excluding hydrogens is 339 g/mol. The number of amides is 1. The van der Waals surface area contributed by atoms with Crippen molar-refractivity contribution >= 4 is 50.7 Å². The first-order chi connectivity index (χ1) is 10.5. The van der Waals surface area contributed by atoms with Gasteiger partial charge in [-0.3, -0.25) is 4.79 Å². The van der Waals surface area contributed by atoms with E-state index in [2.05, 4.69) is 11.1 Å². The van der Waals surface area contributed by atoms with E-state index in [0.29, 0.717) is 20.4 Å². The Labute approximate surface area is 141 Å². The summed E-state index contributed by atoms with van der Waals surface area (Å²) >= 11 is 13.4. The van der Waals surface area contributed by atoms with E-state index in [0.717, 1.165) is 10.2 Å². The number of benzene rings is 2. The van der Waals surface area contributed by atoms with Crippen LogP contribution in [0.5, 0.6) is 0 Å². The Kier molecular flexibility index (Phi) is 4.08. The summed E-state index contributed by atoms with van der Waals surface area (Å²) < 4.78 is 3.00. The minimum atomic E-state index is -0.374. The smallest absolute Gasteiger partial charge is 0.281 e. The highest BCUT2D eigenvalue weighted by Crippen LogP contribution is 2.22. The zero-order valence-electron chi connectivity index (χ0n) is 11.9. The molecule has 0 aliphatic rings. The van der Waals surface area contributed by atoms with Crippen LogP contribution in [0.15, 0.2) is 41.4 Å². The van der Waals surface area contributed by atoms with Crippen LogP contribution >= 0.6 is 34.5 Å². The van der Waals surface area contributed by atoms with Gasteiger partial charge in [0.2, 0.25) is 0 Å². The van der Waals surface area contributed by atoms with Crippen molar-refractivity contribution < 1.29 is 4.79 Å². The van der Waals surface area contributed by atoms with Gasteiger partial charge in [0.25, 0.3) is 5.91 Å². The molecule has 112 valence electrons. The fourth-order valence-electron chi connectivity index (χ4n) is 2.16. The third-order valence-electron chi connectivity index (χ3n) is 3.32. The molecule has 22 heavy (non-hydrogen) atoms. The minimum absolute atomic E-state index is 0.306. The van der Waals surface area contributed by atoms with Gasteiger partial charge in [0, 0.05) is 12.1 Å². The normalized spacial score (nSPS) is 12.1. The average molecular weight is 351 g/mol.